The van der Waals surface area contributed by atoms with Gasteiger partial charge in [0.25, 0.3) is 5.56 Å². The van der Waals surface area contributed by atoms with Crippen LogP contribution in [0, 0.1) is 0 Å². The van der Waals surface area contributed by atoms with Crippen molar-refractivity contribution in [2.45, 2.75) is 30.6 Å². The highest BCUT2D eigenvalue weighted by Crippen LogP contribution is 2.34. The van der Waals surface area contributed by atoms with Gasteiger partial charge >= 0.3 is 0 Å². The molecule has 5 rings (SSSR count). The SMILES string of the molecule is O=c1[nH]c(-c2ccc(S(=O)(=O)N3CCOCC3)cc2)nc2sc3c(c12)CCCC3. The molecule has 2 aliphatic rings. The standard InChI is InChI=1S/C20H21N3O4S2/c24-19-17-15-3-1-2-4-16(15)28-20(17)22-18(21-19)13-5-7-14(8-6-13)29(25,26)23-9-11-27-12-10-23/h5-8H,1-4,9-12H2,(H,21,22,24). The third-order valence-electron chi connectivity index (χ3n) is 5.56. The van der Waals surface area contributed by atoms with Crippen molar-refractivity contribution in [1.82, 2.24) is 14.3 Å². The highest BCUT2D eigenvalue weighted by molar-refractivity contribution is 7.89. The van der Waals surface area contributed by atoms with Crippen LogP contribution in [0.1, 0.15) is 23.3 Å². The molecular formula is C20H21N3O4S2. The molecular weight excluding hydrogens is 410 g/mol. The van der Waals surface area contributed by atoms with Crippen LogP contribution < -0.4 is 5.56 Å². The molecule has 0 radical (unpaired) electrons. The molecule has 3 heterocycles. The van der Waals surface area contributed by atoms with E-state index in [0.717, 1.165) is 41.5 Å². The molecule has 2 aromatic heterocycles. The van der Waals surface area contributed by atoms with E-state index in [1.54, 1.807) is 35.6 Å². The predicted octanol–water partition coefficient (Wildman–Crippen LogP) is 2.55. The van der Waals surface area contributed by atoms with Gasteiger partial charge in [-0.25, -0.2) is 13.4 Å². The summed E-state index contributed by atoms with van der Waals surface area (Å²) in [5, 5.41) is 0.722. The average molecular weight is 432 g/mol. The third-order valence-corrected chi connectivity index (χ3v) is 8.66. The Kier molecular flexibility index (Phi) is 4.78. The summed E-state index contributed by atoms with van der Waals surface area (Å²) in [7, 11) is -3.54. The summed E-state index contributed by atoms with van der Waals surface area (Å²) in [4.78, 5) is 22.6. The Hall–Kier alpha value is -2.07. The van der Waals surface area contributed by atoms with Crippen LogP contribution in [0.2, 0.25) is 0 Å². The fourth-order valence-corrected chi connectivity index (χ4v) is 6.69. The van der Waals surface area contributed by atoms with Crippen molar-refractivity contribution in [1.29, 1.82) is 0 Å². The van der Waals surface area contributed by atoms with Gasteiger partial charge in [0, 0.05) is 23.5 Å². The van der Waals surface area contributed by atoms with Gasteiger partial charge in [0.2, 0.25) is 10.0 Å². The molecule has 0 amide bonds. The molecule has 0 atom stereocenters. The number of aromatic nitrogens is 2. The molecule has 0 bridgehead atoms. The van der Waals surface area contributed by atoms with Crippen molar-refractivity contribution in [3.05, 3.63) is 45.1 Å². The average Bonchev–Trinajstić information content (AvgIpc) is 3.13. The van der Waals surface area contributed by atoms with Crippen molar-refractivity contribution >= 4 is 31.6 Å². The number of morpholine rings is 1. The van der Waals surface area contributed by atoms with Crippen molar-refractivity contribution in [2.24, 2.45) is 0 Å². The molecule has 7 nitrogen and oxygen atoms in total. The largest absolute Gasteiger partial charge is 0.379 e. The van der Waals surface area contributed by atoms with E-state index in [1.165, 1.54) is 9.18 Å². The third kappa shape index (κ3) is 3.31. The fourth-order valence-electron chi connectivity index (χ4n) is 4.02. The summed E-state index contributed by atoms with van der Waals surface area (Å²) in [5.41, 5.74) is 1.73. The summed E-state index contributed by atoms with van der Waals surface area (Å²) in [6.45, 7) is 1.54. The Morgan fingerprint density at radius 3 is 2.55 bits per heavy atom. The first-order chi connectivity index (χ1) is 14.0. The molecule has 1 saturated heterocycles. The van der Waals surface area contributed by atoms with Crippen LogP contribution in [-0.2, 0) is 27.6 Å². The van der Waals surface area contributed by atoms with E-state index in [-0.39, 0.29) is 10.5 Å². The number of aromatic amines is 1. The van der Waals surface area contributed by atoms with Gasteiger partial charge in [0.15, 0.2) is 0 Å². The number of nitrogens with zero attached hydrogens (tertiary/aromatic N) is 2. The maximum Gasteiger partial charge on any atom is 0.260 e. The first-order valence-electron chi connectivity index (χ1n) is 9.77. The number of ether oxygens (including phenoxy) is 1. The van der Waals surface area contributed by atoms with Crippen molar-refractivity contribution in [3.8, 4) is 11.4 Å². The van der Waals surface area contributed by atoms with E-state index in [2.05, 4.69) is 9.97 Å². The molecule has 29 heavy (non-hydrogen) atoms. The number of fused-ring (bicyclic) bond motifs is 3. The first kappa shape index (κ1) is 18.9. The van der Waals surface area contributed by atoms with Gasteiger partial charge in [-0.15, -0.1) is 11.3 Å². The minimum Gasteiger partial charge on any atom is -0.379 e. The highest BCUT2D eigenvalue weighted by Gasteiger charge is 2.26. The minimum atomic E-state index is -3.54. The molecule has 1 fully saturated rings. The summed E-state index contributed by atoms with van der Waals surface area (Å²) in [5.74, 6) is 0.469. The van der Waals surface area contributed by atoms with Gasteiger partial charge in [-0.3, -0.25) is 4.79 Å². The van der Waals surface area contributed by atoms with Crippen LogP contribution in [0.3, 0.4) is 0 Å². The van der Waals surface area contributed by atoms with Crippen LogP contribution >= 0.6 is 11.3 Å². The summed E-state index contributed by atoms with van der Waals surface area (Å²) >= 11 is 1.60. The second-order valence-corrected chi connectivity index (χ2v) is 10.4. The number of rotatable bonds is 3. The zero-order valence-corrected chi connectivity index (χ0v) is 17.4. The van der Waals surface area contributed by atoms with Crippen LogP contribution in [-0.4, -0.2) is 49.0 Å². The maximum atomic E-state index is 12.8. The van der Waals surface area contributed by atoms with Gasteiger partial charge in [-0.05, 0) is 55.5 Å². The topological polar surface area (TPSA) is 92.4 Å². The lowest BCUT2D eigenvalue weighted by Gasteiger charge is -2.26. The van der Waals surface area contributed by atoms with Gasteiger partial charge < -0.3 is 9.72 Å². The Bertz CT molecular complexity index is 1220. The quantitative estimate of drug-likeness (QED) is 0.688. The number of hydrogen-bond donors (Lipinski definition) is 1. The van der Waals surface area contributed by atoms with Gasteiger partial charge in [0.05, 0.1) is 23.5 Å². The highest BCUT2D eigenvalue weighted by atomic mass is 32.2. The second-order valence-electron chi connectivity index (χ2n) is 7.35. The van der Waals surface area contributed by atoms with E-state index >= 15 is 0 Å². The molecule has 3 aromatic rings. The van der Waals surface area contributed by atoms with E-state index in [0.29, 0.717) is 37.7 Å². The first-order valence-corrected chi connectivity index (χ1v) is 12.0. The van der Waals surface area contributed by atoms with Gasteiger partial charge in [-0.2, -0.15) is 4.31 Å². The van der Waals surface area contributed by atoms with Crippen LogP contribution in [0.4, 0.5) is 0 Å². The number of sulfonamides is 1. The fraction of sp³-hybridized carbons (Fsp3) is 0.400. The molecule has 1 aromatic carbocycles. The molecule has 1 aliphatic carbocycles. The second kappa shape index (κ2) is 7.32. The Balaban J connectivity index is 1.50. The Morgan fingerprint density at radius 1 is 1.07 bits per heavy atom. The number of H-pyrrole nitrogens is 1. The Morgan fingerprint density at radius 2 is 1.79 bits per heavy atom. The molecule has 0 unspecified atom stereocenters. The number of nitrogens with one attached hydrogen (secondary N) is 1. The molecule has 0 saturated carbocycles. The molecule has 1 aliphatic heterocycles. The zero-order valence-electron chi connectivity index (χ0n) is 15.8. The zero-order chi connectivity index (χ0) is 20.0. The van der Waals surface area contributed by atoms with Crippen molar-refractivity contribution in [3.63, 3.8) is 0 Å². The minimum absolute atomic E-state index is 0.116. The molecule has 0 spiro atoms. The Labute approximate surface area is 172 Å². The van der Waals surface area contributed by atoms with E-state index in [4.69, 9.17) is 4.74 Å². The maximum absolute atomic E-state index is 12.8. The van der Waals surface area contributed by atoms with Crippen LogP contribution in [0.5, 0.6) is 0 Å². The number of hydrogen-bond acceptors (Lipinski definition) is 6. The van der Waals surface area contributed by atoms with E-state index in [1.807, 2.05) is 0 Å². The van der Waals surface area contributed by atoms with Crippen LogP contribution in [0.15, 0.2) is 34.0 Å². The lowest BCUT2D eigenvalue weighted by Crippen LogP contribution is -2.40. The summed E-state index contributed by atoms with van der Waals surface area (Å²) in [6.07, 6.45) is 4.22. The molecule has 9 heteroatoms. The van der Waals surface area contributed by atoms with Crippen molar-refractivity contribution < 1.29 is 13.2 Å². The van der Waals surface area contributed by atoms with E-state index in [9.17, 15) is 13.2 Å². The molecule has 152 valence electrons. The van der Waals surface area contributed by atoms with Gasteiger partial charge in [0.1, 0.15) is 10.7 Å². The van der Waals surface area contributed by atoms with Crippen molar-refractivity contribution in [2.75, 3.05) is 26.3 Å². The monoisotopic (exact) mass is 431 g/mol. The lowest BCUT2D eigenvalue weighted by molar-refractivity contribution is 0.0730. The summed E-state index contributed by atoms with van der Waals surface area (Å²) in [6, 6.07) is 6.55. The van der Waals surface area contributed by atoms with Crippen LogP contribution in [0.25, 0.3) is 21.6 Å². The summed E-state index contributed by atoms with van der Waals surface area (Å²) < 4.78 is 32.2. The lowest BCUT2D eigenvalue weighted by atomic mass is 9.97. The smallest absolute Gasteiger partial charge is 0.260 e. The number of benzene rings is 1. The normalized spacial score (nSPS) is 18.1. The number of aryl methyl sites for hydroxylation is 2. The molecule has 1 N–H and O–H groups in total. The number of thiophene rings is 1. The predicted molar refractivity (Wildman–Crippen MR) is 112 cm³/mol. The van der Waals surface area contributed by atoms with Gasteiger partial charge in [-0.1, -0.05) is 0 Å². The van der Waals surface area contributed by atoms with E-state index < -0.39 is 10.0 Å².